The molecule has 3 aromatic rings. The Morgan fingerprint density at radius 3 is 2.14 bits per heavy atom. The molecule has 0 N–H and O–H groups in total. The van der Waals surface area contributed by atoms with Crippen molar-refractivity contribution in [1.82, 2.24) is 9.55 Å². The van der Waals surface area contributed by atoms with Crippen LogP contribution in [0.2, 0.25) is 0 Å². The SMILES string of the molecule is CC(=O)c1cnc(-c2ccccc2)n(-c2ccccc2)c1=O. The third-order valence-electron chi connectivity index (χ3n) is 3.39. The van der Waals surface area contributed by atoms with Crippen molar-refractivity contribution in [2.75, 3.05) is 0 Å². The highest BCUT2D eigenvalue weighted by atomic mass is 16.1. The lowest BCUT2D eigenvalue weighted by atomic mass is 10.1. The van der Waals surface area contributed by atoms with Crippen LogP contribution in [0.15, 0.2) is 71.7 Å². The standard InChI is InChI=1S/C18H14N2O2/c1-13(21)16-12-19-17(14-8-4-2-5-9-14)20(18(16)22)15-10-6-3-7-11-15/h2-12H,1H3. The van der Waals surface area contributed by atoms with Crippen LogP contribution < -0.4 is 5.56 Å². The zero-order valence-electron chi connectivity index (χ0n) is 12.1. The van der Waals surface area contributed by atoms with Crippen molar-refractivity contribution < 1.29 is 4.79 Å². The lowest BCUT2D eigenvalue weighted by molar-refractivity contribution is 0.101. The molecule has 0 radical (unpaired) electrons. The minimum atomic E-state index is -0.354. The van der Waals surface area contributed by atoms with E-state index in [1.54, 1.807) is 0 Å². The smallest absolute Gasteiger partial charge is 0.269 e. The number of carbonyl (C=O) groups is 1. The van der Waals surface area contributed by atoms with Crippen LogP contribution in [0, 0.1) is 0 Å². The lowest BCUT2D eigenvalue weighted by Crippen LogP contribution is -2.26. The van der Waals surface area contributed by atoms with Gasteiger partial charge in [0.25, 0.3) is 5.56 Å². The van der Waals surface area contributed by atoms with E-state index in [4.69, 9.17) is 0 Å². The molecule has 0 saturated carbocycles. The van der Waals surface area contributed by atoms with Gasteiger partial charge in [0.05, 0.1) is 5.69 Å². The molecule has 1 heterocycles. The molecule has 3 rings (SSSR count). The molecule has 4 heteroatoms. The number of ketones is 1. The number of hydrogen-bond acceptors (Lipinski definition) is 3. The van der Waals surface area contributed by atoms with Gasteiger partial charge in [0.1, 0.15) is 11.4 Å². The van der Waals surface area contributed by atoms with Gasteiger partial charge in [-0.1, -0.05) is 48.5 Å². The Labute approximate surface area is 127 Å². The molecular formula is C18H14N2O2. The van der Waals surface area contributed by atoms with Gasteiger partial charge >= 0.3 is 0 Å². The summed E-state index contributed by atoms with van der Waals surface area (Å²) in [6.45, 7) is 1.37. The van der Waals surface area contributed by atoms with E-state index in [0.29, 0.717) is 11.5 Å². The van der Waals surface area contributed by atoms with Crippen LogP contribution in [0.5, 0.6) is 0 Å². The number of benzene rings is 2. The average Bonchev–Trinajstić information content (AvgIpc) is 2.55. The monoisotopic (exact) mass is 290 g/mol. The first-order chi connectivity index (χ1) is 10.7. The summed E-state index contributed by atoms with van der Waals surface area (Å²) in [6, 6.07) is 18.6. The molecule has 4 nitrogen and oxygen atoms in total. The number of Topliss-reactive ketones (excluding diaryl/α,β-unsaturated/α-hetero) is 1. The Bertz CT molecular complexity index is 869. The first-order valence-corrected chi connectivity index (χ1v) is 6.92. The van der Waals surface area contributed by atoms with E-state index in [1.807, 2.05) is 60.7 Å². The molecule has 0 spiro atoms. The molecule has 0 fully saturated rings. The molecule has 22 heavy (non-hydrogen) atoms. The number of aromatic nitrogens is 2. The first kappa shape index (κ1) is 13.9. The maximum atomic E-state index is 12.7. The Morgan fingerprint density at radius 1 is 0.955 bits per heavy atom. The van der Waals surface area contributed by atoms with Gasteiger partial charge < -0.3 is 0 Å². The van der Waals surface area contributed by atoms with Crippen molar-refractivity contribution in [1.29, 1.82) is 0 Å². The number of para-hydroxylation sites is 1. The summed E-state index contributed by atoms with van der Waals surface area (Å²) in [6.07, 6.45) is 1.35. The second kappa shape index (κ2) is 5.77. The largest absolute Gasteiger partial charge is 0.294 e. The highest BCUT2D eigenvalue weighted by molar-refractivity contribution is 5.93. The fraction of sp³-hybridized carbons (Fsp3) is 0.0556. The summed E-state index contributed by atoms with van der Waals surface area (Å²) in [5.41, 5.74) is 1.23. The van der Waals surface area contributed by atoms with Crippen LogP contribution in [-0.2, 0) is 0 Å². The normalized spacial score (nSPS) is 10.4. The topological polar surface area (TPSA) is 52.0 Å². The minimum absolute atomic E-state index is 0.0866. The van der Waals surface area contributed by atoms with Gasteiger partial charge in [0.15, 0.2) is 5.78 Å². The second-order valence-electron chi connectivity index (χ2n) is 4.89. The maximum Gasteiger partial charge on any atom is 0.269 e. The van der Waals surface area contributed by atoms with Crippen molar-refractivity contribution in [3.05, 3.63) is 82.8 Å². The van der Waals surface area contributed by atoms with Crippen LogP contribution in [0.3, 0.4) is 0 Å². The number of nitrogens with zero attached hydrogens (tertiary/aromatic N) is 2. The molecule has 2 aromatic carbocycles. The van der Waals surface area contributed by atoms with Gasteiger partial charge in [0, 0.05) is 11.8 Å². The molecule has 0 atom stereocenters. The summed E-state index contributed by atoms with van der Waals surface area (Å²) < 4.78 is 1.48. The molecule has 0 amide bonds. The third kappa shape index (κ3) is 2.46. The van der Waals surface area contributed by atoms with Crippen molar-refractivity contribution in [2.24, 2.45) is 0 Å². The Kier molecular flexibility index (Phi) is 3.66. The molecular weight excluding hydrogens is 276 g/mol. The molecule has 0 saturated heterocycles. The summed E-state index contributed by atoms with van der Waals surface area (Å²) in [5.74, 6) is 0.226. The molecule has 0 aliphatic heterocycles. The van der Waals surface area contributed by atoms with Crippen molar-refractivity contribution >= 4 is 5.78 Å². The average molecular weight is 290 g/mol. The van der Waals surface area contributed by atoms with Crippen molar-refractivity contribution in [3.8, 4) is 17.1 Å². The van der Waals surface area contributed by atoms with Gasteiger partial charge in [-0.25, -0.2) is 4.98 Å². The Hall–Kier alpha value is -3.01. The highest BCUT2D eigenvalue weighted by Gasteiger charge is 2.15. The van der Waals surface area contributed by atoms with E-state index in [9.17, 15) is 9.59 Å². The summed E-state index contributed by atoms with van der Waals surface area (Å²) in [5, 5.41) is 0. The Morgan fingerprint density at radius 2 is 1.55 bits per heavy atom. The van der Waals surface area contributed by atoms with Crippen LogP contribution >= 0.6 is 0 Å². The van der Waals surface area contributed by atoms with Crippen LogP contribution in [0.1, 0.15) is 17.3 Å². The second-order valence-corrected chi connectivity index (χ2v) is 4.89. The first-order valence-electron chi connectivity index (χ1n) is 6.92. The molecule has 0 unspecified atom stereocenters. The van der Waals surface area contributed by atoms with E-state index in [0.717, 1.165) is 5.56 Å². The van der Waals surface area contributed by atoms with Gasteiger partial charge in [-0.2, -0.15) is 0 Å². The van der Waals surface area contributed by atoms with Gasteiger partial charge in [-0.3, -0.25) is 14.2 Å². The van der Waals surface area contributed by atoms with Gasteiger partial charge in [0.2, 0.25) is 0 Å². The minimum Gasteiger partial charge on any atom is -0.294 e. The number of rotatable bonds is 3. The zero-order chi connectivity index (χ0) is 15.5. The fourth-order valence-corrected chi connectivity index (χ4v) is 2.30. The summed E-state index contributed by atoms with van der Waals surface area (Å²) in [7, 11) is 0. The number of hydrogen-bond donors (Lipinski definition) is 0. The third-order valence-corrected chi connectivity index (χ3v) is 3.39. The summed E-state index contributed by atoms with van der Waals surface area (Å²) in [4.78, 5) is 28.7. The van der Waals surface area contributed by atoms with Gasteiger partial charge in [-0.05, 0) is 19.1 Å². The molecule has 0 bridgehead atoms. The molecule has 0 aliphatic carbocycles. The van der Waals surface area contributed by atoms with E-state index < -0.39 is 0 Å². The van der Waals surface area contributed by atoms with E-state index >= 15 is 0 Å². The molecule has 1 aromatic heterocycles. The summed E-state index contributed by atoms with van der Waals surface area (Å²) >= 11 is 0. The predicted molar refractivity (Wildman–Crippen MR) is 85.3 cm³/mol. The van der Waals surface area contributed by atoms with Crippen molar-refractivity contribution in [2.45, 2.75) is 6.92 Å². The quantitative estimate of drug-likeness (QED) is 0.696. The van der Waals surface area contributed by atoms with Crippen LogP contribution in [-0.4, -0.2) is 15.3 Å². The van der Waals surface area contributed by atoms with E-state index in [2.05, 4.69) is 4.98 Å². The van der Waals surface area contributed by atoms with Crippen molar-refractivity contribution in [3.63, 3.8) is 0 Å². The maximum absolute atomic E-state index is 12.7. The van der Waals surface area contributed by atoms with Gasteiger partial charge in [-0.15, -0.1) is 0 Å². The number of carbonyl (C=O) groups excluding carboxylic acids is 1. The van der Waals surface area contributed by atoms with Crippen LogP contribution in [0.25, 0.3) is 17.1 Å². The zero-order valence-corrected chi connectivity index (χ0v) is 12.1. The lowest BCUT2D eigenvalue weighted by Gasteiger charge is -2.13. The molecule has 108 valence electrons. The molecule has 0 aliphatic rings. The van der Waals surface area contributed by atoms with E-state index in [1.165, 1.54) is 17.7 Å². The predicted octanol–water partition coefficient (Wildman–Crippen LogP) is 3.10. The highest BCUT2D eigenvalue weighted by Crippen LogP contribution is 2.19. The van der Waals surface area contributed by atoms with E-state index in [-0.39, 0.29) is 16.9 Å². The Balaban J connectivity index is 2.35. The van der Waals surface area contributed by atoms with Crippen LogP contribution in [0.4, 0.5) is 0 Å². The fourth-order valence-electron chi connectivity index (χ4n) is 2.30.